The van der Waals surface area contributed by atoms with E-state index in [1.807, 2.05) is 0 Å². The van der Waals surface area contributed by atoms with Crippen LogP contribution in [0.25, 0.3) is 0 Å². The molecule has 0 spiro atoms. The largest absolute Gasteiger partial charge is 2.00 e. The molecular weight excluding hydrogens is 208 g/mol. The molecule has 0 aliphatic heterocycles. The van der Waals surface area contributed by atoms with Crippen molar-refractivity contribution in [2.75, 3.05) is 0 Å². The van der Waals surface area contributed by atoms with Gasteiger partial charge in [0.1, 0.15) is 0 Å². The van der Waals surface area contributed by atoms with Crippen molar-refractivity contribution in [2.45, 2.75) is 0 Å². The van der Waals surface area contributed by atoms with Crippen molar-refractivity contribution in [3.63, 3.8) is 0 Å². The van der Waals surface area contributed by atoms with E-state index in [1.165, 1.54) is 0 Å². The monoisotopic (exact) mass is 212 g/mol. The SMILES string of the molecule is O=C(O)O.O=C([O-])[O-].S.[Fe+2]. The predicted molar refractivity (Wildman–Crippen MR) is 26.4 cm³/mol. The van der Waals surface area contributed by atoms with E-state index in [2.05, 4.69) is 0 Å². The summed E-state index contributed by atoms with van der Waals surface area (Å²) in [5, 5.41) is 30.6. The fourth-order valence-corrected chi connectivity index (χ4v) is 0. The Hall–Kier alpha value is -0.591. The van der Waals surface area contributed by atoms with Gasteiger partial charge in [-0.2, -0.15) is 13.5 Å². The van der Waals surface area contributed by atoms with Crippen LogP contribution in [0.2, 0.25) is 0 Å². The maximum atomic E-state index is 8.56. The second kappa shape index (κ2) is 15.8. The van der Waals surface area contributed by atoms with E-state index in [1.54, 1.807) is 0 Å². The molecule has 0 aromatic carbocycles. The quantitative estimate of drug-likeness (QED) is 0.443. The number of hydrogen-bond donors (Lipinski definition) is 2. The fraction of sp³-hybridized carbons (Fsp3) is 0. The molecule has 0 saturated heterocycles. The molecule has 10 heavy (non-hydrogen) atoms. The number of hydrogen-bond acceptors (Lipinski definition) is 4. The molecule has 0 aliphatic rings. The van der Waals surface area contributed by atoms with Gasteiger partial charge in [-0.1, -0.05) is 0 Å². The molecule has 0 saturated carbocycles. The van der Waals surface area contributed by atoms with Crippen LogP contribution in [0.15, 0.2) is 0 Å². The summed E-state index contributed by atoms with van der Waals surface area (Å²) >= 11 is 0. The van der Waals surface area contributed by atoms with Crippen LogP contribution >= 0.6 is 13.5 Å². The van der Waals surface area contributed by atoms with E-state index in [4.69, 9.17) is 30.0 Å². The molecule has 0 rings (SSSR count). The molecule has 6 nitrogen and oxygen atoms in total. The summed E-state index contributed by atoms with van der Waals surface area (Å²) in [6, 6.07) is 0. The zero-order chi connectivity index (χ0) is 7.15. The number of carbonyl (C=O) groups excluding carboxylic acids is 1. The Morgan fingerprint density at radius 3 is 1.10 bits per heavy atom. The van der Waals surface area contributed by atoms with E-state index in [9.17, 15) is 0 Å². The summed E-state index contributed by atoms with van der Waals surface area (Å²) in [4.78, 5) is 16.9. The Morgan fingerprint density at radius 1 is 1.10 bits per heavy atom. The molecule has 0 bridgehead atoms. The average molecular weight is 212 g/mol. The van der Waals surface area contributed by atoms with Gasteiger partial charge in [0, 0.05) is 0 Å². The van der Waals surface area contributed by atoms with Gasteiger partial charge >= 0.3 is 23.2 Å². The first kappa shape index (κ1) is 22.7. The number of carbonyl (C=O) groups is 2. The van der Waals surface area contributed by atoms with Gasteiger partial charge < -0.3 is 25.2 Å². The van der Waals surface area contributed by atoms with Crippen LogP contribution < -0.4 is 10.2 Å². The first-order chi connectivity index (χ1) is 3.46. The molecule has 0 unspecified atom stereocenters. The Bertz CT molecular complexity index is 73.7. The minimum atomic E-state index is -2.33. The Morgan fingerprint density at radius 2 is 1.10 bits per heavy atom. The zero-order valence-electron chi connectivity index (χ0n) is 4.38. The Labute approximate surface area is 73.4 Å². The molecule has 2 N–H and O–H groups in total. The van der Waals surface area contributed by atoms with Crippen LogP contribution in [-0.2, 0) is 17.1 Å². The third-order valence-electron chi connectivity index (χ3n) is 0. The van der Waals surface area contributed by atoms with Gasteiger partial charge in [0.05, 0.1) is 0 Å². The van der Waals surface area contributed by atoms with Crippen molar-refractivity contribution in [3.8, 4) is 0 Å². The van der Waals surface area contributed by atoms with Gasteiger partial charge in [0.2, 0.25) is 0 Å². The van der Waals surface area contributed by atoms with Crippen molar-refractivity contribution in [3.05, 3.63) is 0 Å². The topological polar surface area (TPSA) is 121 Å². The normalized spacial score (nSPS) is 4.80. The van der Waals surface area contributed by atoms with E-state index >= 15 is 0 Å². The van der Waals surface area contributed by atoms with Crippen LogP contribution in [-0.4, -0.2) is 22.5 Å². The van der Waals surface area contributed by atoms with Crippen molar-refractivity contribution < 1.29 is 47.1 Å². The molecule has 8 heteroatoms. The third-order valence-corrected chi connectivity index (χ3v) is 0. The third kappa shape index (κ3) is 873. The minimum Gasteiger partial charge on any atom is -0.652 e. The van der Waals surface area contributed by atoms with E-state index in [-0.39, 0.29) is 30.6 Å². The minimum absolute atomic E-state index is 0. The molecular formula is C2H4FeO6S. The first-order valence-corrected chi connectivity index (χ1v) is 1.26. The zero-order valence-corrected chi connectivity index (χ0v) is 6.49. The van der Waals surface area contributed by atoms with Gasteiger partial charge in [-0.3, -0.25) is 0 Å². The maximum absolute atomic E-state index is 8.56. The molecule has 62 valence electrons. The molecule has 0 amide bonds. The van der Waals surface area contributed by atoms with Crippen LogP contribution in [0.4, 0.5) is 9.59 Å². The molecule has 0 aliphatic carbocycles. The van der Waals surface area contributed by atoms with Crippen LogP contribution in [0, 0.1) is 0 Å². The first-order valence-electron chi connectivity index (χ1n) is 1.26. The van der Waals surface area contributed by atoms with E-state index < -0.39 is 12.3 Å². The molecule has 0 aromatic rings. The molecule has 0 atom stereocenters. The summed E-state index contributed by atoms with van der Waals surface area (Å²) in [6.45, 7) is 0. The summed E-state index contributed by atoms with van der Waals surface area (Å²) in [5.74, 6) is 0. The fourth-order valence-electron chi connectivity index (χ4n) is 0. The van der Waals surface area contributed by atoms with Crippen molar-refractivity contribution >= 4 is 25.8 Å². The van der Waals surface area contributed by atoms with E-state index in [0.29, 0.717) is 0 Å². The van der Waals surface area contributed by atoms with Gasteiger partial charge in [0.15, 0.2) is 0 Å². The summed E-state index contributed by atoms with van der Waals surface area (Å²) in [6.07, 6.45) is -4.17. The molecule has 0 radical (unpaired) electrons. The predicted octanol–water partition coefficient (Wildman–Crippen LogP) is -2.11. The second-order valence-electron chi connectivity index (χ2n) is 0.533. The van der Waals surface area contributed by atoms with Crippen LogP contribution in [0.1, 0.15) is 0 Å². The van der Waals surface area contributed by atoms with Crippen molar-refractivity contribution in [1.29, 1.82) is 0 Å². The van der Waals surface area contributed by atoms with Crippen molar-refractivity contribution in [2.24, 2.45) is 0 Å². The number of rotatable bonds is 0. The second-order valence-corrected chi connectivity index (χ2v) is 0.533. The summed E-state index contributed by atoms with van der Waals surface area (Å²) in [5.41, 5.74) is 0. The Kier molecular flexibility index (Phi) is 35.9. The number of carboxylic acid groups (broad SMARTS) is 4. The molecule has 0 fully saturated rings. The summed E-state index contributed by atoms with van der Waals surface area (Å²) in [7, 11) is 0. The van der Waals surface area contributed by atoms with Crippen molar-refractivity contribution in [1.82, 2.24) is 0 Å². The van der Waals surface area contributed by atoms with E-state index in [0.717, 1.165) is 0 Å². The molecule has 0 aromatic heterocycles. The smallest absolute Gasteiger partial charge is 0.652 e. The van der Waals surface area contributed by atoms with Gasteiger partial charge in [-0.15, -0.1) is 0 Å². The average Bonchev–Trinajstić information content (AvgIpc) is 1.25. The standard InChI is InChI=1S/2CH2O3.Fe.H2S/c2*2-1(3)4;;/h2*(H2,2,3,4);;1H2/q;;+2;/p-2. The van der Waals surface area contributed by atoms with Gasteiger partial charge in [-0.05, 0) is 6.16 Å². The maximum Gasteiger partial charge on any atom is 2.00 e. The Balaban J connectivity index is -0.0000000300. The van der Waals surface area contributed by atoms with Gasteiger partial charge in [-0.25, -0.2) is 4.79 Å². The van der Waals surface area contributed by atoms with Gasteiger partial charge in [0.25, 0.3) is 0 Å². The molecule has 0 heterocycles. The van der Waals surface area contributed by atoms with Crippen LogP contribution in [0.5, 0.6) is 0 Å². The summed E-state index contributed by atoms with van der Waals surface area (Å²) < 4.78 is 0. The van der Waals surface area contributed by atoms with Crippen LogP contribution in [0.3, 0.4) is 0 Å².